The molecule has 0 saturated carbocycles. The molecule has 0 aliphatic carbocycles. The molecule has 1 heteroatoms. The molecular weight excluding hydrogens is 212 g/mol. The van der Waals surface area contributed by atoms with Crippen LogP contribution in [0.1, 0.15) is 26.3 Å². The van der Waals surface area contributed by atoms with Crippen LogP contribution in [0.25, 0.3) is 6.08 Å². The highest BCUT2D eigenvalue weighted by atomic mass is 32.1. The summed E-state index contributed by atoms with van der Waals surface area (Å²) in [5.74, 6) is 0. The van der Waals surface area contributed by atoms with Crippen LogP contribution in [-0.2, 0) is 0 Å². The van der Waals surface area contributed by atoms with E-state index in [-0.39, 0.29) is 0 Å². The molecule has 0 aliphatic rings. The van der Waals surface area contributed by atoms with Crippen molar-refractivity contribution in [3.8, 4) is 0 Å². The fourth-order valence-electron chi connectivity index (χ4n) is 0.996. The van der Waals surface area contributed by atoms with E-state index in [4.69, 9.17) is 0 Å². The number of allylic oxidation sites excluding steroid dienone is 4. The van der Waals surface area contributed by atoms with Crippen molar-refractivity contribution in [2.45, 2.75) is 20.8 Å². The zero-order chi connectivity index (χ0) is 12.2. The summed E-state index contributed by atoms with van der Waals surface area (Å²) in [6.07, 6.45) is 9.94. The van der Waals surface area contributed by atoms with Gasteiger partial charge in [0, 0.05) is 4.91 Å². The predicted molar refractivity (Wildman–Crippen MR) is 78.7 cm³/mol. The van der Waals surface area contributed by atoms with Crippen molar-refractivity contribution < 1.29 is 0 Å². The lowest BCUT2D eigenvalue weighted by molar-refractivity contribution is 1.50. The van der Waals surface area contributed by atoms with Crippen LogP contribution in [0.4, 0.5) is 0 Å². The van der Waals surface area contributed by atoms with E-state index in [1.54, 1.807) is 0 Å². The molecule has 0 atom stereocenters. The lowest BCUT2D eigenvalue weighted by Gasteiger charge is -1.91. The van der Waals surface area contributed by atoms with Gasteiger partial charge in [0.15, 0.2) is 0 Å². The lowest BCUT2D eigenvalue weighted by Crippen LogP contribution is -1.68. The quantitative estimate of drug-likeness (QED) is 0.543. The van der Waals surface area contributed by atoms with Crippen molar-refractivity contribution in [1.82, 2.24) is 0 Å². The second-order valence-electron chi connectivity index (χ2n) is 2.86. The first-order chi connectivity index (χ1) is 7.83. The molecule has 1 aromatic rings. The first-order valence-electron chi connectivity index (χ1n) is 5.58. The molecule has 0 heterocycles. The lowest BCUT2D eigenvalue weighted by atomic mass is 10.2. The molecule has 0 radical (unpaired) electrons. The molecule has 0 nitrogen and oxygen atoms in total. The predicted octanol–water partition coefficient (Wildman–Crippen LogP) is 5.12. The molecule has 0 aliphatic heterocycles. The maximum absolute atomic E-state index is 4.32. The Kier molecular flexibility index (Phi) is 9.53. The van der Waals surface area contributed by atoms with Crippen molar-refractivity contribution in [3.63, 3.8) is 0 Å². The Morgan fingerprint density at radius 2 is 1.75 bits per heavy atom. The zero-order valence-corrected chi connectivity index (χ0v) is 11.1. The van der Waals surface area contributed by atoms with E-state index in [2.05, 4.69) is 24.8 Å². The summed E-state index contributed by atoms with van der Waals surface area (Å²) in [5.41, 5.74) is 1.19. The number of thiol groups is 1. The first kappa shape index (κ1) is 14.8. The minimum atomic E-state index is 0.951. The average Bonchev–Trinajstić information content (AvgIpc) is 2.37. The molecule has 86 valence electrons. The molecule has 0 fully saturated rings. The molecule has 1 rings (SSSR count). The van der Waals surface area contributed by atoms with Crippen molar-refractivity contribution in [1.29, 1.82) is 0 Å². The van der Waals surface area contributed by atoms with Gasteiger partial charge in [-0.2, -0.15) is 0 Å². The molecular formula is C15H20S. The Labute approximate surface area is 105 Å². The van der Waals surface area contributed by atoms with Crippen molar-refractivity contribution in [2.24, 2.45) is 0 Å². The van der Waals surface area contributed by atoms with Crippen LogP contribution >= 0.6 is 12.6 Å². The molecule has 0 unspecified atom stereocenters. The summed E-state index contributed by atoms with van der Waals surface area (Å²) in [7, 11) is 0. The normalized spacial score (nSPS) is 11.6. The summed E-state index contributed by atoms with van der Waals surface area (Å²) in [6, 6.07) is 10.2. The third-order valence-corrected chi connectivity index (χ3v) is 2.00. The van der Waals surface area contributed by atoms with Gasteiger partial charge in [-0.05, 0) is 24.6 Å². The van der Waals surface area contributed by atoms with Gasteiger partial charge in [-0.3, -0.25) is 0 Å². The summed E-state index contributed by atoms with van der Waals surface area (Å²) in [6.45, 7) is 5.98. The monoisotopic (exact) mass is 232 g/mol. The Morgan fingerprint density at radius 3 is 2.31 bits per heavy atom. The van der Waals surface area contributed by atoms with Gasteiger partial charge in [-0.15, -0.1) is 12.6 Å². The van der Waals surface area contributed by atoms with Gasteiger partial charge in [0.05, 0.1) is 0 Å². The van der Waals surface area contributed by atoms with E-state index in [1.807, 2.05) is 69.4 Å². The number of rotatable bonds is 3. The Morgan fingerprint density at radius 1 is 1.12 bits per heavy atom. The molecule has 0 amide bonds. The molecule has 1 aromatic carbocycles. The minimum absolute atomic E-state index is 0.951. The highest BCUT2D eigenvalue weighted by Gasteiger charge is 1.83. The Hall–Kier alpha value is -1.21. The fraction of sp³-hybridized carbons (Fsp3) is 0.200. The maximum atomic E-state index is 4.32. The van der Waals surface area contributed by atoms with Crippen LogP contribution in [0.5, 0.6) is 0 Å². The molecule has 0 N–H and O–H groups in total. The van der Waals surface area contributed by atoms with E-state index < -0.39 is 0 Å². The summed E-state index contributed by atoms with van der Waals surface area (Å²) < 4.78 is 0. The molecule has 0 aromatic heterocycles. The third kappa shape index (κ3) is 7.13. The van der Waals surface area contributed by atoms with Gasteiger partial charge < -0.3 is 0 Å². The fourth-order valence-corrected chi connectivity index (χ4v) is 1.16. The summed E-state index contributed by atoms with van der Waals surface area (Å²) >= 11 is 4.32. The van der Waals surface area contributed by atoms with Crippen LogP contribution in [-0.4, -0.2) is 0 Å². The van der Waals surface area contributed by atoms with E-state index in [0.29, 0.717) is 0 Å². The van der Waals surface area contributed by atoms with Crippen molar-refractivity contribution in [3.05, 3.63) is 65.1 Å². The second kappa shape index (κ2) is 10.3. The van der Waals surface area contributed by atoms with Crippen LogP contribution in [0.2, 0.25) is 0 Å². The van der Waals surface area contributed by atoms with Crippen LogP contribution in [0.3, 0.4) is 0 Å². The SMILES string of the molecule is C/C=C/C=C(S)/C=C/c1ccccc1.CC. The molecule has 0 spiro atoms. The maximum Gasteiger partial charge on any atom is 0.00400 e. The largest absolute Gasteiger partial charge is 0.143 e. The first-order valence-corrected chi connectivity index (χ1v) is 6.02. The van der Waals surface area contributed by atoms with E-state index in [0.717, 1.165) is 4.91 Å². The second-order valence-corrected chi connectivity index (χ2v) is 3.38. The van der Waals surface area contributed by atoms with Crippen molar-refractivity contribution in [2.75, 3.05) is 0 Å². The number of hydrogen-bond acceptors (Lipinski definition) is 1. The highest BCUT2D eigenvalue weighted by Crippen LogP contribution is 2.07. The number of benzene rings is 1. The highest BCUT2D eigenvalue weighted by molar-refractivity contribution is 7.84. The van der Waals surface area contributed by atoms with Gasteiger partial charge in [-0.25, -0.2) is 0 Å². The van der Waals surface area contributed by atoms with Gasteiger partial charge >= 0.3 is 0 Å². The summed E-state index contributed by atoms with van der Waals surface area (Å²) in [4.78, 5) is 0.951. The number of hydrogen-bond donors (Lipinski definition) is 1. The topological polar surface area (TPSA) is 0 Å². The molecule has 0 bridgehead atoms. The van der Waals surface area contributed by atoms with Gasteiger partial charge in [0.25, 0.3) is 0 Å². The van der Waals surface area contributed by atoms with E-state index in [9.17, 15) is 0 Å². The van der Waals surface area contributed by atoms with Gasteiger partial charge in [0.1, 0.15) is 0 Å². The van der Waals surface area contributed by atoms with E-state index >= 15 is 0 Å². The van der Waals surface area contributed by atoms with Crippen LogP contribution in [0.15, 0.2) is 59.5 Å². The van der Waals surface area contributed by atoms with Crippen LogP contribution in [0, 0.1) is 0 Å². The minimum Gasteiger partial charge on any atom is -0.143 e. The van der Waals surface area contributed by atoms with Gasteiger partial charge in [-0.1, -0.05) is 62.4 Å². The molecule has 16 heavy (non-hydrogen) atoms. The Balaban J connectivity index is 0.00000106. The van der Waals surface area contributed by atoms with Crippen molar-refractivity contribution >= 4 is 18.7 Å². The average molecular weight is 232 g/mol. The zero-order valence-electron chi connectivity index (χ0n) is 10.2. The van der Waals surface area contributed by atoms with E-state index in [1.165, 1.54) is 5.56 Å². The summed E-state index contributed by atoms with van der Waals surface area (Å²) in [5, 5.41) is 0. The van der Waals surface area contributed by atoms with Crippen LogP contribution < -0.4 is 0 Å². The van der Waals surface area contributed by atoms with Gasteiger partial charge in [0.2, 0.25) is 0 Å². The molecule has 0 saturated heterocycles. The standard InChI is InChI=1S/C13H14S.C2H6/c1-2-3-9-13(14)11-10-12-7-5-4-6-8-12;1-2/h2-11,14H,1H3;1-2H3/b3-2+,11-10+,13-9-;. The Bertz CT molecular complexity index is 345. The smallest absolute Gasteiger partial charge is 0.00400 e. The third-order valence-electron chi connectivity index (χ3n) is 1.71.